The van der Waals surface area contributed by atoms with E-state index in [-0.39, 0.29) is 5.82 Å². The molecule has 0 aliphatic heterocycles. The van der Waals surface area contributed by atoms with E-state index in [2.05, 4.69) is 25.9 Å². The summed E-state index contributed by atoms with van der Waals surface area (Å²) in [5.74, 6) is -0.323. The highest BCUT2D eigenvalue weighted by Crippen LogP contribution is 2.25. The first-order chi connectivity index (χ1) is 7.18. The first kappa shape index (κ1) is 10.4. The van der Waals surface area contributed by atoms with Crippen LogP contribution in [-0.4, -0.2) is 9.97 Å². The molecule has 1 aromatic carbocycles. The number of hydrogen-bond donors (Lipinski definition) is 1. The summed E-state index contributed by atoms with van der Waals surface area (Å²) in [5, 5.41) is 0. The molecule has 0 atom stereocenters. The predicted octanol–water partition coefficient (Wildman–Crippen LogP) is 3.71. The number of H-pyrrole nitrogens is 1. The number of benzene rings is 1. The number of aromatic amines is 1. The van der Waals surface area contributed by atoms with Crippen LogP contribution in [-0.2, 0) is 0 Å². The Balaban J connectivity index is 2.64. The maximum atomic E-state index is 13.7. The number of nitrogens with one attached hydrogen (secondary N) is 1. The summed E-state index contributed by atoms with van der Waals surface area (Å²) in [7, 11) is 0. The molecule has 2 aromatic rings. The summed E-state index contributed by atoms with van der Waals surface area (Å²) in [6.07, 6.45) is 3.05. The van der Waals surface area contributed by atoms with Crippen LogP contribution >= 0.6 is 28.1 Å². The van der Waals surface area contributed by atoms with Gasteiger partial charge in [0.05, 0.1) is 22.6 Å². The molecule has 0 unspecified atom stereocenters. The van der Waals surface area contributed by atoms with Crippen molar-refractivity contribution in [2.24, 2.45) is 0 Å². The van der Waals surface area contributed by atoms with E-state index in [0.29, 0.717) is 20.4 Å². The maximum Gasteiger partial charge on any atom is 0.146 e. The minimum absolute atomic E-state index is 0.323. The molecule has 0 bridgehead atoms. The highest BCUT2D eigenvalue weighted by molar-refractivity contribution is 9.10. The van der Waals surface area contributed by atoms with Gasteiger partial charge in [0, 0.05) is 5.56 Å². The summed E-state index contributed by atoms with van der Waals surface area (Å²) in [6.45, 7) is 0. The fraction of sp³-hybridized carbons (Fsp3) is 0. The van der Waals surface area contributed by atoms with Crippen molar-refractivity contribution in [1.29, 1.82) is 0 Å². The van der Waals surface area contributed by atoms with Gasteiger partial charge < -0.3 is 4.98 Å². The largest absolute Gasteiger partial charge is 0.343 e. The minimum Gasteiger partial charge on any atom is -0.343 e. The minimum atomic E-state index is -0.323. The first-order valence-corrected chi connectivity index (χ1v) is 5.37. The summed E-state index contributed by atoms with van der Waals surface area (Å²) in [5.41, 5.74) is 1.02. The monoisotopic (exact) mass is 284 g/mol. The van der Waals surface area contributed by atoms with Crippen molar-refractivity contribution in [3.05, 3.63) is 45.5 Å². The molecule has 1 heterocycles. The van der Waals surface area contributed by atoms with E-state index in [1.165, 1.54) is 6.20 Å². The number of nitrogens with zero attached hydrogens (tertiary/aromatic N) is 1. The zero-order valence-electron chi connectivity index (χ0n) is 7.50. The van der Waals surface area contributed by atoms with Crippen molar-refractivity contribution in [3.63, 3.8) is 0 Å². The number of rotatable bonds is 1. The number of hydrogen-bond acceptors (Lipinski definition) is 2. The molecule has 15 heavy (non-hydrogen) atoms. The molecule has 2 rings (SSSR count). The van der Waals surface area contributed by atoms with Gasteiger partial charge in [0.15, 0.2) is 0 Å². The van der Waals surface area contributed by atoms with Crippen LogP contribution in [0.2, 0.25) is 0 Å². The summed E-state index contributed by atoms with van der Waals surface area (Å²) >= 11 is 8.05. The lowest BCUT2D eigenvalue weighted by molar-refractivity contribution is 0.624. The molecule has 0 amide bonds. The van der Waals surface area contributed by atoms with Gasteiger partial charge in [0.25, 0.3) is 0 Å². The van der Waals surface area contributed by atoms with Crippen molar-refractivity contribution < 1.29 is 4.39 Å². The first-order valence-electron chi connectivity index (χ1n) is 4.17. The Morgan fingerprint density at radius 1 is 1.33 bits per heavy atom. The van der Waals surface area contributed by atoms with E-state index >= 15 is 0 Å². The topological polar surface area (TPSA) is 28.7 Å². The second-order valence-corrected chi connectivity index (χ2v) is 4.21. The molecule has 1 N–H and O–H groups in total. The van der Waals surface area contributed by atoms with Gasteiger partial charge in [0.1, 0.15) is 10.5 Å². The average Bonchev–Trinajstić information content (AvgIpc) is 2.22. The van der Waals surface area contributed by atoms with Crippen molar-refractivity contribution >= 4 is 28.1 Å². The normalized spacial score (nSPS) is 10.3. The maximum absolute atomic E-state index is 13.7. The lowest BCUT2D eigenvalue weighted by atomic mass is 10.1. The molecule has 2 nitrogen and oxygen atoms in total. The zero-order chi connectivity index (χ0) is 10.8. The molecule has 0 aliphatic carbocycles. The molecule has 0 fully saturated rings. The summed E-state index contributed by atoms with van der Waals surface area (Å²) in [6, 6.07) is 5.07. The molecule has 5 heteroatoms. The summed E-state index contributed by atoms with van der Waals surface area (Å²) < 4.78 is 14.6. The van der Waals surface area contributed by atoms with Gasteiger partial charge in [-0.05, 0) is 28.1 Å². The molecule has 0 saturated heterocycles. The van der Waals surface area contributed by atoms with Crippen LogP contribution in [0.1, 0.15) is 0 Å². The van der Waals surface area contributed by atoms with E-state index in [1.54, 1.807) is 24.4 Å². The second-order valence-electron chi connectivity index (χ2n) is 2.91. The Bertz CT molecular complexity index is 553. The lowest BCUT2D eigenvalue weighted by Crippen LogP contribution is -1.90. The molecule has 0 spiro atoms. The molecule has 0 aliphatic rings. The average molecular weight is 285 g/mol. The highest BCUT2D eigenvalue weighted by atomic mass is 79.9. The van der Waals surface area contributed by atoms with Crippen LogP contribution in [0, 0.1) is 10.5 Å². The highest BCUT2D eigenvalue weighted by Gasteiger charge is 2.08. The molecule has 0 radical (unpaired) electrons. The molecule has 0 saturated carbocycles. The Morgan fingerprint density at radius 3 is 2.87 bits per heavy atom. The van der Waals surface area contributed by atoms with Gasteiger partial charge >= 0.3 is 0 Å². The smallest absolute Gasteiger partial charge is 0.146 e. The Kier molecular flexibility index (Phi) is 2.93. The predicted molar refractivity (Wildman–Crippen MR) is 62.5 cm³/mol. The Labute approximate surface area is 99.3 Å². The van der Waals surface area contributed by atoms with Gasteiger partial charge in [-0.2, -0.15) is 0 Å². The molecule has 1 aromatic heterocycles. The van der Waals surface area contributed by atoms with Gasteiger partial charge in [-0.25, -0.2) is 4.39 Å². The van der Waals surface area contributed by atoms with Crippen molar-refractivity contribution in [2.75, 3.05) is 0 Å². The number of halogens is 2. The third-order valence-electron chi connectivity index (χ3n) is 1.90. The fourth-order valence-electron chi connectivity index (χ4n) is 1.23. The number of aromatic nitrogens is 2. The molecular formula is C10H6BrFN2S. The third-order valence-corrected chi connectivity index (χ3v) is 2.71. The van der Waals surface area contributed by atoms with Crippen LogP contribution < -0.4 is 0 Å². The Hall–Kier alpha value is -1.07. The van der Waals surface area contributed by atoms with Crippen LogP contribution in [0.5, 0.6) is 0 Å². The van der Waals surface area contributed by atoms with Gasteiger partial charge in [-0.15, -0.1) is 0 Å². The van der Waals surface area contributed by atoms with E-state index < -0.39 is 0 Å². The lowest BCUT2D eigenvalue weighted by Gasteiger charge is -2.03. The zero-order valence-corrected chi connectivity index (χ0v) is 9.90. The van der Waals surface area contributed by atoms with Crippen LogP contribution in [0.15, 0.2) is 35.1 Å². The van der Waals surface area contributed by atoms with Crippen LogP contribution in [0.25, 0.3) is 11.3 Å². The molecular weight excluding hydrogens is 279 g/mol. The van der Waals surface area contributed by atoms with Crippen molar-refractivity contribution in [1.82, 2.24) is 9.97 Å². The second kappa shape index (κ2) is 4.20. The standard InChI is InChI=1S/C10H6BrFN2S/c11-7-3-1-2-6(10(7)12)8-4-13-5-9(15)14-8/h1-5H,(H,14,15). The van der Waals surface area contributed by atoms with E-state index in [0.717, 1.165) is 0 Å². The van der Waals surface area contributed by atoms with Gasteiger partial charge in [0.2, 0.25) is 0 Å². The van der Waals surface area contributed by atoms with E-state index in [4.69, 9.17) is 12.2 Å². The van der Waals surface area contributed by atoms with E-state index in [1.807, 2.05) is 0 Å². The van der Waals surface area contributed by atoms with Crippen LogP contribution in [0.3, 0.4) is 0 Å². The fourth-order valence-corrected chi connectivity index (χ4v) is 1.76. The summed E-state index contributed by atoms with van der Waals surface area (Å²) in [4.78, 5) is 6.80. The third kappa shape index (κ3) is 2.13. The van der Waals surface area contributed by atoms with Gasteiger partial charge in [-0.3, -0.25) is 4.98 Å². The van der Waals surface area contributed by atoms with Crippen molar-refractivity contribution in [3.8, 4) is 11.3 Å². The Morgan fingerprint density at radius 2 is 2.13 bits per heavy atom. The van der Waals surface area contributed by atoms with Crippen LogP contribution in [0.4, 0.5) is 4.39 Å². The molecule has 76 valence electrons. The quantitative estimate of drug-likeness (QED) is 0.809. The van der Waals surface area contributed by atoms with Crippen molar-refractivity contribution in [2.45, 2.75) is 0 Å². The van der Waals surface area contributed by atoms with E-state index in [9.17, 15) is 4.39 Å². The SMILES string of the molecule is Fc1c(Br)cccc1-c1cncc(=S)[nH]1. The van der Waals surface area contributed by atoms with Gasteiger partial charge in [-0.1, -0.05) is 18.3 Å².